The van der Waals surface area contributed by atoms with Crippen molar-refractivity contribution < 1.29 is 17.9 Å². The van der Waals surface area contributed by atoms with Gasteiger partial charge in [0, 0.05) is 5.56 Å². The molecule has 36 heavy (non-hydrogen) atoms. The molecule has 3 atom stereocenters. The molecule has 0 aliphatic heterocycles. The number of rotatable bonds is 5. The van der Waals surface area contributed by atoms with Gasteiger partial charge in [-0.15, -0.1) is 0 Å². The monoisotopic (exact) mass is 492 g/mol. The molecule has 190 valence electrons. The van der Waals surface area contributed by atoms with E-state index in [4.69, 9.17) is 4.74 Å². The molecule has 0 bridgehead atoms. The van der Waals surface area contributed by atoms with Gasteiger partial charge in [-0.1, -0.05) is 68.3 Å². The minimum atomic E-state index is -1.82. The second kappa shape index (κ2) is 10.7. The van der Waals surface area contributed by atoms with E-state index in [9.17, 15) is 8.78 Å². The summed E-state index contributed by atoms with van der Waals surface area (Å²) in [6.45, 7) is 2.37. The maximum absolute atomic E-state index is 15.2. The van der Waals surface area contributed by atoms with Gasteiger partial charge in [0.25, 0.3) is 0 Å². The molecule has 1 saturated carbocycles. The number of halogens is 3. The van der Waals surface area contributed by atoms with Gasteiger partial charge in [0.15, 0.2) is 12.3 Å². The van der Waals surface area contributed by atoms with Gasteiger partial charge >= 0.3 is 0 Å². The number of allylic oxidation sites excluding steroid dienone is 6. The second-order valence-electron chi connectivity index (χ2n) is 10.8. The summed E-state index contributed by atoms with van der Waals surface area (Å²) in [5.41, 5.74) is 4.27. The smallest absolute Gasteiger partial charge is 0.192 e. The molecule has 3 unspecified atom stereocenters. The predicted molar refractivity (Wildman–Crippen MR) is 141 cm³/mol. The SMILES string of the molecule is COC1=CC=C(c2ccc(-c3ccc(C4=CCC(C5CCC(C)CC5)CC4)cc3F)cc2)C(F)C1F. The second-order valence-corrected chi connectivity index (χ2v) is 10.8. The van der Waals surface area contributed by atoms with Crippen molar-refractivity contribution in [2.75, 3.05) is 7.11 Å². The lowest BCUT2D eigenvalue weighted by Crippen LogP contribution is -2.24. The molecule has 0 radical (unpaired) electrons. The first-order valence-corrected chi connectivity index (χ1v) is 13.3. The average Bonchev–Trinajstić information content (AvgIpc) is 2.91. The largest absolute Gasteiger partial charge is 0.498 e. The van der Waals surface area contributed by atoms with Crippen molar-refractivity contribution in [3.63, 3.8) is 0 Å². The Kier molecular flexibility index (Phi) is 7.41. The van der Waals surface area contributed by atoms with E-state index < -0.39 is 12.3 Å². The highest BCUT2D eigenvalue weighted by Crippen LogP contribution is 2.41. The summed E-state index contributed by atoms with van der Waals surface area (Å²) < 4.78 is 48.9. The summed E-state index contributed by atoms with van der Waals surface area (Å²) in [5, 5.41) is 0. The quantitative estimate of drug-likeness (QED) is 0.404. The third kappa shape index (κ3) is 5.05. The van der Waals surface area contributed by atoms with Crippen molar-refractivity contribution >= 4 is 11.1 Å². The van der Waals surface area contributed by atoms with Gasteiger partial charge in [0.2, 0.25) is 0 Å². The molecule has 3 aliphatic rings. The van der Waals surface area contributed by atoms with E-state index in [0.29, 0.717) is 16.7 Å². The van der Waals surface area contributed by atoms with Crippen LogP contribution >= 0.6 is 0 Å². The van der Waals surface area contributed by atoms with E-state index in [1.54, 1.807) is 36.4 Å². The first-order chi connectivity index (χ1) is 17.4. The third-order valence-corrected chi connectivity index (χ3v) is 8.54. The van der Waals surface area contributed by atoms with Crippen LogP contribution in [-0.2, 0) is 4.74 Å². The maximum Gasteiger partial charge on any atom is 0.192 e. The van der Waals surface area contributed by atoms with Gasteiger partial charge in [0.05, 0.1) is 7.11 Å². The molecule has 0 amide bonds. The molecule has 0 aromatic heterocycles. The van der Waals surface area contributed by atoms with E-state index >= 15 is 4.39 Å². The molecule has 0 spiro atoms. The van der Waals surface area contributed by atoms with Crippen LogP contribution in [0.4, 0.5) is 13.2 Å². The summed E-state index contributed by atoms with van der Waals surface area (Å²) in [4.78, 5) is 0. The van der Waals surface area contributed by atoms with Gasteiger partial charge in [0.1, 0.15) is 11.6 Å². The lowest BCUT2D eigenvalue weighted by atomic mass is 9.71. The number of alkyl halides is 2. The van der Waals surface area contributed by atoms with Gasteiger partial charge in [-0.3, -0.25) is 0 Å². The third-order valence-electron chi connectivity index (χ3n) is 8.54. The molecular formula is C32H35F3O. The number of hydrogen-bond acceptors (Lipinski definition) is 1. The molecule has 0 heterocycles. The van der Waals surface area contributed by atoms with E-state index in [0.717, 1.165) is 36.2 Å². The summed E-state index contributed by atoms with van der Waals surface area (Å²) in [6, 6.07) is 12.4. The van der Waals surface area contributed by atoms with Crippen molar-refractivity contribution in [3.05, 3.63) is 83.4 Å². The number of methoxy groups -OCH3 is 1. The molecule has 4 heteroatoms. The molecule has 0 saturated heterocycles. The van der Waals surface area contributed by atoms with Crippen LogP contribution in [0, 0.1) is 23.6 Å². The lowest BCUT2D eigenvalue weighted by molar-refractivity contribution is 0.152. The lowest BCUT2D eigenvalue weighted by Gasteiger charge is -2.34. The van der Waals surface area contributed by atoms with Crippen LogP contribution in [0.3, 0.4) is 0 Å². The van der Waals surface area contributed by atoms with Crippen LogP contribution in [0.25, 0.3) is 22.3 Å². The van der Waals surface area contributed by atoms with Crippen LogP contribution in [0.5, 0.6) is 0 Å². The fraction of sp³-hybridized carbons (Fsp3) is 0.438. The molecule has 5 rings (SSSR count). The van der Waals surface area contributed by atoms with Gasteiger partial charge in [-0.25, -0.2) is 13.2 Å². The highest BCUT2D eigenvalue weighted by Gasteiger charge is 2.32. The van der Waals surface area contributed by atoms with E-state index in [-0.39, 0.29) is 17.1 Å². The van der Waals surface area contributed by atoms with E-state index in [1.807, 2.05) is 12.1 Å². The van der Waals surface area contributed by atoms with Crippen molar-refractivity contribution in [3.8, 4) is 11.1 Å². The van der Waals surface area contributed by atoms with Crippen molar-refractivity contribution in [1.29, 1.82) is 0 Å². The van der Waals surface area contributed by atoms with Crippen LogP contribution in [-0.4, -0.2) is 19.5 Å². The van der Waals surface area contributed by atoms with E-state index in [1.165, 1.54) is 50.9 Å². The fourth-order valence-electron chi connectivity index (χ4n) is 6.19. The van der Waals surface area contributed by atoms with Crippen molar-refractivity contribution in [1.82, 2.24) is 0 Å². The molecular weight excluding hydrogens is 457 g/mol. The normalized spacial score (nSPS) is 28.7. The molecule has 0 N–H and O–H groups in total. The van der Waals surface area contributed by atoms with Crippen LogP contribution in [0.15, 0.2) is 66.5 Å². The number of hydrogen-bond donors (Lipinski definition) is 0. The zero-order valence-electron chi connectivity index (χ0n) is 21.2. The zero-order chi connectivity index (χ0) is 25.2. The highest BCUT2D eigenvalue weighted by molar-refractivity contribution is 5.76. The summed E-state index contributed by atoms with van der Waals surface area (Å²) in [5.74, 6) is 2.23. The highest BCUT2D eigenvalue weighted by atomic mass is 19.2. The maximum atomic E-state index is 15.2. The predicted octanol–water partition coefficient (Wildman–Crippen LogP) is 9.11. The first-order valence-electron chi connectivity index (χ1n) is 13.3. The van der Waals surface area contributed by atoms with Gasteiger partial charge in [-0.2, -0.15) is 0 Å². The molecule has 2 aromatic carbocycles. The number of benzene rings is 2. The minimum absolute atomic E-state index is 0.0164. The Balaban J connectivity index is 1.28. The van der Waals surface area contributed by atoms with Gasteiger partial charge in [-0.05, 0) is 89.8 Å². The summed E-state index contributed by atoms with van der Waals surface area (Å²) >= 11 is 0. The van der Waals surface area contributed by atoms with Crippen LogP contribution in [0.2, 0.25) is 0 Å². The standard InChI is InChI=1S/C32H35F3O/c1-20-3-5-21(6-4-20)22-7-9-23(10-8-22)26-15-16-27(29(33)19-26)24-11-13-25(14-12-24)28-17-18-30(36-2)32(35)31(28)34/h9,11-22,31-32H,3-8,10H2,1-2H3. The van der Waals surface area contributed by atoms with E-state index in [2.05, 4.69) is 13.0 Å². The number of ether oxygens (including phenoxy) is 1. The zero-order valence-corrected chi connectivity index (χ0v) is 21.2. The van der Waals surface area contributed by atoms with Crippen molar-refractivity contribution in [2.24, 2.45) is 17.8 Å². The Hall–Kier alpha value is -2.75. The topological polar surface area (TPSA) is 9.23 Å². The molecule has 1 nitrogen and oxygen atoms in total. The Morgan fingerprint density at radius 1 is 0.778 bits per heavy atom. The Morgan fingerprint density at radius 2 is 1.47 bits per heavy atom. The first kappa shape index (κ1) is 24.9. The molecule has 3 aliphatic carbocycles. The summed E-state index contributed by atoms with van der Waals surface area (Å²) in [6.07, 6.45) is 10.5. The molecule has 1 fully saturated rings. The van der Waals surface area contributed by atoms with Gasteiger partial charge < -0.3 is 4.74 Å². The fourth-order valence-corrected chi connectivity index (χ4v) is 6.19. The average molecular weight is 493 g/mol. The Labute approximate surface area is 212 Å². The minimum Gasteiger partial charge on any atom is -0.498 e. The summed E-state index contributed by atoms with van der Waals surface area (Å²) in [7, 11) is 1.33. The Morgan fingerprint density at radius 3 is 2.11 bits per heavy atom. The Bertz CT molecular complexity index is 1170. The molecule has 2 aromatic rings. The van der Waals surface area contributed by atoms with Crippen molar-refractivity contribution in [2.45, 2.75) is 64.2 Å². The van der Waals surface area contributed by atoms with Crippen LogP contribution in [0.1, 0.15) is 63.0 Å². The van der Waals surface area contributed by atoms with Crippen LogP contribution < -0.4 is 0 Å².